The number of alkyl halides is 3. The number of halogens is 3. The van der Waals surface area contributed by atoms with Crippen LogP contribution in [0.4, 0.5) is 13.2 Å². The van der Waals surface area contributed by atoms with Crippen LogP contribution in [0.3, 0.4) is 0 Å². The maximum Gasteiger partial charge on any atom is 0.436 e. The maximum atomic E-state index is 12.9. The summed E-state index contributed by atoms with van der Waals surface area (Å²) in [4.78, 5) is 10.2. The molecule has 0 bridgehead atoms. The molecule has 0 aliphatic heterocycles. The molecule has 0 fully saturated rings. The lowest BCUT2D eigenvalue weighted by Gasteiger charge is -2.15. The van der Waals surface area contributed by atoms with E-state index in [1.165, 1.54) is 19.3 Å². The number of aryl methyl sites for hydroxylation is 2. The molecule has 0 aliphatic carbocycles. The smallest absolute Gasteiger partial charge is 0.436 e. The zero-order valence-corrected chi connectivity index (χ0v) is 13.1. The molecule has 2 heterocycles. The van der Waals surface area contributed by atoms with Gasteiger partial charge >= 0.3 is 12.1 Å². The molecule has 0 radical (unpaired) electrons. The van der Waals surface area contributed by atoms with Gasteiger partial charge in [0.1, 0.15) is 4.90 Å². The third kappa shape index (κ3) is 3.41. The average Bonchev–Trinajstić information content (AvgIpc) is 3.02. The molecule has 2 N–H and O–H groups in total. The van der Waals surface area contributed by atoms with Crippen molar-refractivity contribution in [3.05, 3.63) is 29.8 Å². The van der Waals surface area contributed by atoms with Crippen LogP contribution in [0.15, 0.2) is 23.4 Å². The van der Waals surface area contributed by atoms with Crippen LogP contribution in [-0.2, 0) is 35.1 Å². The highest BCUT2D eigenvalue weighted by Crippen LogP contribution is 2.33. The lowest BCUT2D eigenvalue weighted by molar-refractivity contribution is -0.143. The van der Waals surface area contributed by atoms with Crippen LogP contribution in [0.25, 0.3) is 0 Å². The highest BCUT2D eigenvalue weighted by Gasteiger charge is 2.42. The third-order valence-corrected chi connectivity index (χ3v) is 4.45. The van der Waals surface area contributed by atoms with Gasteiger partial charge in [0, 0.05) is 26.5 Å². The Kier molecular flexibility index (Phi) is 4.41. The first-order valence-electron chi connectivity index (χ1n) is 6.27. The largest absolute Gasteiger partial charge is 0.480 e. The van der Waals surface area contributed by atoms with Gasteiger partial charge in [0.2, 0.25) is 10.0 Å². The highest BCUT2D eigenvalue weighted by atomic mass is 32.2. The number of sulfonamides is 1. The normalized spacial score (nSPS) is 13.9. The second-order valence-electron chi connectivity index (χ2n) is 4.79. The van der Waals surface area contributed by atoms with E-state index in [2.05, 4.69) is 10.2 Å². The van der Waals surface area contributed by atoms with Crippen LogP contribution in [0, 0.1) is 0 Å². The van der Waals surface area contributed by atoms with E-state index in [1.54, 1.807) is 4.72 Å². The number of aromatic nitrogens is 4. The summed E-state index contributed by atoms with van der Waals surface area (Å²) in [7, 11) is -2.33. The number of hydrogen-bond donors (Lipinski definition) is 2. The molecule has 9 nitrogen and oxygen atoms in total. The van der Waals surface area contributed by atoms with E-state index in [0.717, 1.165) is 11.7 Å². The Labute approximate surface area is 133 Å². The van der Waals surface area contributed by atoms with Gasteiger partial charge in [-0.05, 0) is 6.07 Å². The standard InChI is InChI=1S/C11H12F3N5O4S/c1-18-5-7(9(16-18)11(12,13)14)24(22,23)17-8(10(20)21)6-3-4-15-19(6)2/h3-5,8,17H,1-2H3,(H,20,21). The Morgan fingerprint density at radius 2 is 2.00 bits per heavy atom. The van der Waals surface area contributed by atoms with E-state index >= 15 is 0 Å². The van der Waals surface area contributed by atoms with Crippen LogP contribution in [0.2, 0.25) is 0 Å². The van der Waals surface area contributed by atoms with E-state index in [0.29, 0.717) is 10.9 Å². The first-order valence-corrected chi connectivity index (χ1v) is 7.75. The molecule has 1 unspecified atom stereocenters. The van der Waals surface area contributed by atoms with E-state index in [1.807, 2.05) is 0 Å². The Bertz CT molecular complexity index is 871. The van der Waals surface area contributed by atoms with Gasteiger partial charge in [-0.25, -0.2) is 8.42 Å². The maximum absolute atomic E-state index is 12.9. The zero-order chi connectivity index (χ0) is 18.3. The molecular formula is C11H12F3N5O4S. The Morgan fingerprint density at radius 3 is 2.46 bits per heavy atom. The molecule has 0 saturated carbocycles. The number of nitrogens with one attached hydrogen (secondary N) is 1. The van der Waals surface area contributed by atoms with E-state index < -0.39 is 38.8 Å². The molecule has 0 saturated heterocycles. The summed E-state index contributed by atoms with van der Waals surface area (Å²) in [6.07, 6.45) is -3.14. The molecule has 0 aliphatic rings. The van der Waals surface area contributed by atoms with Crippen LogP contribution in [-0.4, -0.2) is 39.1 Å². The number of carboxylic acids is 1. The molecular weight excluding hydrogens is 355 g/mol. The van der Waals surface area contributed by atoms with E-state index in [-0.39, 0.29) is 5.69 Å². The van der Waals surface area contributed by atoms with Crippen LogP contribution in [0.1, 0.15) is 17.4 Å². The minimum atomic E-state index is -5.02. The molecule has 2 rings (SSSR count). The van der Waals surface area contributed by atoms with Gasteiger partial charge in [-0.1, -0.05) is 0 Å². The number of nitrogens with zero attached hydrogens (tertiary/aromatic N) is 4. The summed E-state index contributed by atoms with van der Waals surface area (Å²) in [5.74, 6) is -1.60. The van der Waals surface area contributed by atoms with Crippen molar-refractivity contribution in [3.8, 4) is 0 Å². The Hall–Kier alpha value is -2.41. The predicted molar refractivity (Wildman–Crippen MR) is 72.1 cm³/mol. The number of hydrogen-bond acceptors (Lipinski definition) is 5. The predicted octanol–water partition coefficient (Wildman–Crippen LogP) is 0.277. The number of carbonyl (C=O) groups is 1. The Morgan fingerprint density at radius 1 is 1.38 bits per heavy atom. The van der Waals surface area contributed by atoms with Crippen molar-refractivity contribution in [1.82, 2.24) is 24.3 Å². The van der Waals surface area contributed by atoms with E-state index in [9.17, 15) is 31.5 Å². The lowest BCUT2D eigenvalue weighted by Crippen LogP contribution is -2.35. The number of carboxylic acid groups (broad SMARTS) is 1. The molecule has 13 heteroatoms. The molecule has 2 aromatic heterocycles. The SMILES string of the molecule is Cn1cc(S(=O)(=O)NC(C(=O)O)c2ccnn2C)c(C(F)(F)F)n1. The second kappa shape index (κ2) is 5.90. The van der Waals surface area contributed by atoms with Gasteiger partial charge in [-0.15, -0.1) is 0 Å². The quantitative estimate of drug-likeness (QED) is 0.783. The fraction of sp³-hybridized carbons (Fsp3) is 0.364. The van der Waals surface area contributed by atoms with Gasteiger partial charge in [0.05, 0.1) is 5.69 Å². The average molecular weight is 367 g/mol. The van der Waals surface area contributed by atoms with Gasteiger partial charge < -0.3 is 5.11 Å². The van der Waals surface area contributed by atoms with Gasteiger partial charge in [0.15, 0.2) is 11.7 Å². The van der Waals surface area contributed by atoms with Crippen molar-refractivity contribution in [2.24, 2.45) is 14.1 Å². The molecule has 132 valence electrons. The van der Waals surface area contributed by atoms with Crippen molar-refractivity contribution in [2.45, 2.75) is 17.1 Å². The number of aliphatic carboxylic acids is 1. The van der Waals surface area contributed by atoms with Gasteiger partial charge in [0.25, 0.3) is 0 Å². The van der Waals surface area contributed by atoms with Crippen molar-refractivity contribution in [1.29, 1.82) is 0 Å². The molecule has 1 atom stereocenters. The van der Waals surface area contributed by atoms with Crippen molar-refractivity contribution in [3.63, 3.8) is 0 Å². The Balaban J connectivity index is 2.48. The highest BCUT2D eigenvalue weighted by molar-refractivity contribution is 7.89. The lowest BCUT2D eigenvalue weighted by atomic mass is 10.2. The summed E-state index contributed by atoms with van der Waals surface area (Å²) in [5, 5.41) is 16.0. The van der Waals surface area contributed by atoms with Crippen LogP contribution >= 0.6 is 0 Å². The first-order chi connectivity index (χ1) is 10.9. The summed E-state index contributed by atoms with van der Waals surface area (Å²) in [6.45, 7) is 0. The monoisotopic (exact) mass is 367 g/mol. The molecule has 2 aromatic rings. The zero-order valence-electron chi connectivity index (χ0n) is 12.3. The molecule has 24 heavy (non-hydrogen) atoms. The van der Waals surface area contributed by atoms with Gasteiger partial charge in [-0.2, -0.15) is 28.1 Å². The molecule has 0 spiro atoms. The van der Waals surface area contributed by atoms with Crippen LogP contribution in [0.5, 0.6) is 0 Å². The molecule has 0 aromatic carbocycles. The van der Waals surface area contributed by atoms with Crippen molar-refractivity contribution < 1.29 is 31.5 Å². The minimum Gasteiger partial charge on any atom is -0.480 e. The van der Waals surface area contributed by atoms with Crippen molar-refractivity contribution >= 4 is 16.0 Å². The topological polar surface area (TPSA) is 119 Å². The fourth-order valence-electron chi connectivity index (χ4n) is 1.98. The van der Waals surface area contributed by atoms with E-state index in [4.69, 9.17) is 0 Å². The summed E-state index contributed by atoms with van der Waals surface area (Å²) in [5.41, 5.74) is -1.69. The third-order valence-electron chi connectivity index (χ3n) is 3.03. The molecule has 0 amide bonds. The second-order valence-corrected chi connectivity index (χ2v) is 6.47. The van der Waals surface area contributed by atoms with Gasteiger partial charge in [-0.3, -0.25) is 14.2 Å². The minimum absolute atomic E-state index is 0.0523. The first kappa shape index (κ1) is 17.9. The number of rotatable bonds is 5. The summed E-state index contributed by atoms with van der Waals surface area (Å²) >= 11 is 0. The van der Waals surface area contributed by atoms with Crippen molar-refractivity contribution in [2.75, 3.05) is 0 Å². The summed E-state index contributed by atoms with van der Waals surface area (Å²) < 4.78 is 66.8. The summed E-state index contributed by atoms with van der Waals surface area (Å²) in [6, 6.07) is -0.585. The fourth-order valence-corrected chi connectivity index (χ4v) is 3.34. The van der Waals surface area contributed by atoms with Crippen LogP contribution < -0.4 is 4.72 Å².